The first-order valence-electron chi connectivity index (χ1n) is 13.4. The number of nitrogens with one attached hydrogen (secondary N) is 2. The average Bonchev–Trinajstić information content (AvgIpc) is 3.27. The molecule has 0 bridgehead atoms. The van der Waals surface area contributed by atoms with Crippen LogP contribution in [-0.4, -0.2) is 69.2 Å². The van der Waals surface area contributed by atoms with Gasteiger partial charge in [0.1, 0.15) is 6.54 Å². The summed E-state index contributed by atoms with van der Waals surface area (Å²) in [6, 6.07) is 8.98. The van der Waals surface area contributed by atoms with Crippen molar-refractivity contribution in [2.24, 2.45) is 0 Å². The van der Waals surface area contributed by atoms with E-state index in [-0.39, 0.29) is 37.6 Å². The molecule has 1 atom stereocenters. The Bertz CT molecular complexity index is 1390. The number of benzene rings is 1. The van der Waals surface area contributed by atoms with Crippen LogP contribution in [0.25, 0.3) is 11.3 Å². The summed E-state index contributed by atoms with van der Waals surface area (Å²) in [5.74, 6) is -0.192. The number of nitrogens with zero attached hydrogens (tertiary/aromatic N) is 4. The van der Waals surface area contributed by atoms with Crippen LogP contribution in [0.4, 0.5) is 5.95 Å². The Hall–Kier alpha value is -3.60. The third-order valence-corrected chi connectivity index (χ3v) is 7.76. The van der Waals surface area contributed by atoms with Gasteiger partial charge in [0.2, 0.25) is 11.9 Å². The Kier molecular flexibility index (Phi) is 8.58. The molecule has 2 aromatic heterocycles. The Labute approximate surface area is 238 Å². The van der Waals surface area contributed by atoms with Gasteiger partial charge < -0.3 is 25.4 Å². The van der Waals surface area contributed by atoms with Gasteiger partial charge in [-0.25, -0.2) is 9.97 Å². The normalized spacial score (nSPS) is 19.3. The van der Waals surface area contributed by atoms with Crippen molar-refractivity contribution in [1.82, 2.24) is 25.2 Å². The Morgan fingerprint density at radius 2 is 2.00 bits per heavy atom. The van der Waals surface area contributed by atoms with Crippen LogP contribution in [0.5, 0.6) is 0 Å². The highest BCUT2D eigenvalue weighted by molar-refractivity contribution is 6.32. The molecule has 11 heteroatoms. The van der Waals surface area contributed by atoms with Gasteiger partial charge in [0, 0.05) is 24.9 Å². The summed E-state index contributed by atoms with van der Waals surface area (Å²) in [6.07, 6.45) is 7.36. The van der Waals surface area contributed by atoms with Crippen LogP contribution in [0.3, 0.4) is 0 Å². The molecule has 2 amide bonds. The molecule has 0 saturated heterocycles. The molecule has 1 unspecified atom stereocenters. The number of methoxy groups -OCH3 is 1. The number of hydrogen-bond acceptors (Lipinski definition) is 8. The van der Waals surface area contributed by atoms with Gasteiger partial charge in [-0.1, -0.05) is 41.4 Å². The number of aliphatic hydroxyl groups is 1. The van der Waals surface area contributed by atoms with Gasteiger partial charge in [0.15, 0.2) is 0 Å². The molecular formula is C29H33ClN6O4. The maximum atomic E-state index is 13.2. The van der Waals surface area contributed by atoms with Gasteiger partial charge in [-0.2, -0.15) is 0 Å². The van der Waals surface area contributed by atoms with E-state index in [0.29, 0.717) is 39.6 Å². The van der Waals surface area contributed by atoms with Gasteiger partial charge in [-0.3, -0.25) is 14.6 Å². The first kappa shape index (κ1) is 27.9. The monoisotopic (exact) mass is 564 g/mol. The Balaban J connectivity index is 1.26. The first-order chi connectivity index (χ1) is 19.3. The minimum absolute atomic E-state index is 0.152. The summed E-state index contributed by atoms with van der Waals surface area (Å²) in [5, 5.41) is 16.4. The Morgan fingerprint density at radius 3 is 2.73 bits per heavy atom. The summed E-state index contributed by atoms with van der Waals surface area (Å²) in [4.78, 5) is 40.9. The van der Waals surface area contributed by atoms with Crippen molar-refractivity contribution in [3.8, 4) is 11.3 Å². The number of carbonyl (C=O) groups is 2. The second kappa shape index (κ2) is 12.3. The molecule has 1 saturated carbocycles. The zero-order valence-electron chi connectivity index (χ0n) is 22.6. The molecule has 10 nitrogen and oxygen atoms in total. The lowest BCUT2D eigenvalue weighted by molar-refractivity contribution is -0.122. The first-order valence-corrected chi connectivity index (χ1v) is 13.8. The fraction of sp³-hybridized carbons (Fsp3) is 0.414. The van der Waals surface area contributed by atoms with E-state index in [1.165, 1.54) is 4.90 Å². The van der Waals surface area contributed by atoms with E-state index in [1.807, 2.05) is 31.2 Å². The Morgan fingerprint density at radius 1 is 1.20 bits per heavy atom. The highest BCUT2D eigenvalue weighted by atomic mass is 35.5. The number of fused-ring (bicyclic) bond motifs is 1. The molecule has 1 aromatic carbocycles. The summed E-state index contributed by atoms with van der Waals surface area (Å²) in [6.45, 7) is 1.76. The molecule has 2 aliphatic rings. The molecule has 3 heterocycles. The number of hydrogen-bond donors (Lipinski definition) is 3. The van der Waals surface area contributed by atoms with Crippen molar-refractivity contribution in [3.63, 3.8) is 0 Å². The van der Waals surface area contributed by atoms with E-state index in [1.54, 1.807) is 25.6 Å². The zero-order chi connectivity index (χ0) is 28.2. The number of carbonyl (C=O) groups excluding carboxylic acids is 2. The molecule has 0 radical (unpaired) electrons. The molecule has 1 aliphatic heterocycles. The lowest BCUT2D eigenvalue weighted by Gasteiger charge is -2.28. The van der Waals surface area contributed by atoms with E-state index in [2.05, 4.69) is 25.6 Å². The lowest BCUT2D eigenvalue weighted by Crippen LogP contribution is -2.40. The summed E-state index contributed by atoms with van der Waals surface area (Å²) < 4.78 is 5.45. The maximum Gasteiger partial charge on any atom is 0.256 e. The molecule has 3 aromatic rings. The second-order valence-electron chi connectivity index (χ2n) is 10.3. The van der Waals surface area contributed by atoms with Gasteiger partial charge in [-0.05, 0) is 44.2 Å². The van der Waals surface area contributed by atoms with Crippen molar-refractivity contribution in [3.05, 3.63) is 70.1 Å². The third kappa shape index (κ3) is 6.24. The number of amides is 2. The third-order valence-electron chi connectivity index (χ3n) is 7.48. The fourth-order valence-electron chi connectivity index (χ4n) is 5.28. The minimum Gasteiger partial charge on any atom is -0.394 e. The van der Waals surface area contributed by atoms with E-state index in [9.17, 15) is 14.7 Å². The molecule has 1 aliphatic carbocycles. The highest BCUT2D eigenvalue weighted by Gasteiger charge is 2.31. The van der Waals surface area contributed by atoms with Gasteiger partial charge >= 0.3 is 0 Å². The number of pyridine rings is 1. The summed E-state index contributed by atoms with van der Waals surface area (Å²) >= 11 is 6.45. The molecule has 3 N–H and O–H groups in total. The number of anilines is 1. The van der Waals surface area contributed by atoms with Crippen molar-refractivity contribution < 1.29 is 19.4 Å². The minimum atomic E-state index is -0.560. The van der Waals surface area contributed by atoms with Crippen LogP contribution in [0.1, 0.15) is 58.9 Å². The van der Waals surface area contributed by atoms with Crippen LogP contribution in [-0.2, 0) is 16.1 Å². The number of aromatic nitrogens is 3. The van der Waals surface area contributed by atoms with E-state index >= 15 is 0 Å². The largest absolute Gasteiger partial charge is 0.394 e. The SMILES string of the molecule is COC1CCC(Nc2ncc(Cl)c(-c3cnc4c(c3)C(=O)N(CC(=O)NC(CO)c3cccc(C)c3)C4)n2)CC1. The zero-order valence-corrected chi connectivity index (χ0v) is 23.3. The van der Waals surface area contributed by atoms with E-state index < -0.39 is 6.04 Å². The van der Waals surface area contributed by atoms with Gasteiger partial charge in [0.05, 0.1) is 53.5 Å². The molecule has 210 valence electrons. The number of aryl methyl sites for hydroxylation is 1. The van der Waals surface area contributed by atoms with E-state index in [0.717, 1.165) is 36.8 Å². The predicted molar refractivity (Wildman–Crippen MR) is 151 cm³/mol. The standard InChI is InChI=1S/C29H33ClN6O4/c1-17-4-3-5-18(10-17)25(16-37)34-26(38)15-36-14-24-22(28(36)39)11-19(12-31-24)27-23(30)13-32-29(35-27)33-20-6-8-21(40-2)9-7-20/h3-5,10-13,20-21,25,37H,6-9,14-16H2,1-2H3,(H,34,38)(H,32,33,35). The van der Waals surface area contributed by atoms with Crippen molar-refractivity contribution in [1.29, 1.82) is 0 Å². The molecule has 40 heavy (non-hydrogen) atoms. The second-order valence-corrected chi connectivity index (χ2v) is 10.7. The molecule has 0 spiro atoms. The molecule has 1 fully saturated rings. The van der Waals surface area contributed by atoms with Crippen LogP contribution in [0.2, 0.25) is 5.02 Å². The van der Waals surface area contributed by atoms with Crippen molar-refractivity contribution >= 4 is 29.4 Å². The van der Waals surface area contributed by atoms with Crippen LogP contribution in [0.15, 0.2) is 42.7 Å². The number of halogens is 1. The number of aliphatic hydroxyl groups excluding tert-OH is 1. The maximum absolute atomic E-state index is 13.2. The molecule has 5 rings (SSSR count). The molecular weight excluding hydrogens is 532 g/mol. The lowest BCUT2D eigenvalue weighted by atomic mass is 9.93. The topological polar surface area (TPSA) is 130 Å². The van der Waals surface area contributed by atoms with Crippen molar-refractivity contribution in [2.75, 3.05) is 25.6 Å². The van der Waals surface area contributed by atoms with Gasteiger partial charge in [-0.15, -0.1) is 0 Å². The van der Waals surface area contributed by atoms with E-state index in [4.69, 9.17) is 16.3 Å². The number of rotatable bonds is 9. The highest BCUT2D eigenvalue weighted by Crippen LogP contribution is 2.31. The van der Waals surface area contributed by atoms with Crippen LogP contribution < -0.4 is 10.6 Å². The summed E-state index contributed by atoms with van der Waals surface area (Å²) in [5.41, 5.74) is 3.89. The van der Waals surface area contributed by atoms with Crippen LogP contribution in [0, 0.1) is 6.92 Å². The predicted octanol–water partition coefficient (Wildman–Crippen LogP) is 3.68. The van der Waals surface area contributed by atoms with Crippen molar-refractivity contribution in [2.45, 2.75) is 57.3 Å². The summed E-state index contributed by atoms with van der Waals surface area (Å²) in [7, 11) is 1.75. The fourth-order valence-corrected chi connectivity index (χ4v) is 5.48. The number of ether oxygens (including phenoxy) is 1. The average molecular weight is 565 g/mol. The smallest absolute Gasteiger partial charge is 0.256 e. The van der Waals surface area contributed by atoms with Gasteiger partial charge in [0.25, 0.3) is 5.91 Å². The quantitative estimate of drug-likeness (QED) is 0.359. The van der Waals surface area contributed by atoms with Crippen LogP contribution >= 0.6 is 11.6 Å².